The van der Waals surface area contributed by atoms with E-state index in [1.165, 1.54) is 7.11 Å². The van der Waals surface area contributed by atoms with Gasteiger partial charge in [0.05, 0.1) is 24.8 Å². The third-order valence-electron chi connectivity index (χ3n) is 3.29. The second-order valence-corrected chi connectivity index (χ2v) is 4.85. The molecule has 0 unspecified atom stereocenters. The summed E-state index contributed by atoms with van der Waals surface area (Å²) in [5.74, 6) is 0.446. The van der Waals surface area contributed by atoms with E-state index >= 15 is 0 Å². The number of fused-ring (bicyclic) bond motifs is 2. The van der Waals surface area contributed by atoms with E-state index in [-0.39, 0.29) is 11.7 Å². The second-order valence-electron chi connectivity index (χ2n) is 4.85. The number of aromatic nitrogens is 3. The fourth-order valence-electron chi connectivity index (χ4n) is 2.20. The maximum absolute atomic E-state index is 11.3. The van der Waals surface area contributed by atoms with Crippen molar-refractivity contribution in [3.8, 4) is 5.75 Å². The minimum Gasteiger partial charge on any atom is -0.494 e. The zero-order chi connectivity index (χ0) is 15.5. The number of imidazole rings is 1. The summed E-state index contributed by atoms with van der Waals surface area (Å²) < 4.78 is 10.2. The first-order chi connectivity index (χ1) is 10.7. The Balaban J connectivity index is 1.75. The topological polar surface area (TPSA) is 97.1 Å². The van der Waals surface area contributed by atoms with Crippen LogP contribution in [0, 0.1) is 0 Å². The summed E-state index contributed by atoms with van der Waals surface area (Å²) >= 11 is 0. The van der Waals surface area contributed by atoms with Crippen molar-refractivity contribution in [2.75, 3.05) is 13.7 Å². The van der Waals surface area contributed by atoms with Gasteiger partial charge in [0, 0.05) is 11.8 Å². The molecule has 3 rings (SSSR count). The van der Waals surface area contributed by atoms with E-state index in [1.807, 2.05) is 24.3 Å². The van der Waals surface area contributed by atoms with Crippen LogP contribution in [0.2, 0.25) is 0 Å². The first-order valence-corrected chi connectivity index (χ1v) is 6.88. The molecule has 0 amide bonds. The van der Waals surface area contributed by atoms with E-state index in [0.717, 1.165) is 10.9 Å². The molecule has 0 saturated heterocycles. The number of aromatic amines is 2. The van der Waals surface area contributed by atoms with Crippen LogP contribution < -0.4 is 10.4 Å². The van der Waals surface area contributed by atoms with Crippen molar-refractivity contribution in [1.29, 1.82) is 0 Å². The van der Waals surface area contributed by atoms with Crippen molar-refractivity contribution < 1.29 is 14.3 Å². The lowest BCUT2D eigenvalue weighted by Gasteiger charge is -2.06. The van der Waals surface area contributed by atoms with E-state index in [1.54, 1.807) is 0 Å². The van der Waals surface area contributed by atoms with Gasteiger partial charge in [-0.2, -0.15) is 0 Å². The van der Waals surface area contributed by atoms with Gasteiger partial charge in [0.2, 0.25) is 0 Å². The van der Waals surface area contributed by atoms with Gasteiger partial charge >= 0.3 is 11.7 Å². The number of ether oxygens (including phenoxy) is 2. The molecule has 7 heteroatoms. The normalized spacial score (nSPS) is 11.0. The fraction of sp³-hybridized carbons (Fsp3) is 0.267. The highest BCUT2D eigenvalue weighted by Gasteiger charge is 2.05. The molecule has 0 aliphatic carbocycles. The monoisotopic (exact) mass is 301 g/mol. The first kappa shape index (κ1) is 14.1. The SMILES string of the molecule is COC(=O)CCCOc1ccc2nc3[nH]c(=O)[nH]c3cc2c1. The Labute approximate surface area is 125 Å². The van der Waals surface area contributed by atoms with E-state index in [4.69, 9.17) is 4.74 Å². The molecule has 0 fully saturated rings. The average Bonchev–Trinajstić information content (AvgIpc) is 2.87. The van der Waals surface area contributed by atoms with Crippen LogP contribution in [0.3, 0.4) is 0 Å². The van der Waals surface area contributed by atoms with Gasteiger partial charge in [-0.1, -0.05) is 0 Å². The predicted molar refractivity (Wildman–Crippen MR) is 81.0 cm³/mol. The van der Waals surface area contributed by atoms with Crippen molar-refractivity contribution in [3.05, 3.63) is 34.7 Å². The number of carbonyl (C=O) groups excluding carboxylic acids is 1. The summed E-state index contributed by atoms with van der Waals surface area (Å²) in [6.07, 6.45) is 0.921. The lowest BCUT2D eigenvalue weighted by molar-refractivity contribution is -0.140. The minimum atomic E-state index is -0.280. The van der Waals surface area contributed by atoms with Gasteiger partial charge in [-0.05, 0) is 30.7 Å². The average molecular weight is 301 g/mol. The van der Waals surface area contributed by atoms with Gasteiger partial charge in [-0.15, -0.1) is 0 Å². The molecule has 22 heavy (non-hydrogen) atoms. The van der Waals surface area contributed by atoms with Gasteiger partial charge in [0.15, 0.2) is 5.65 Å². The lowest BCUT2D eigenvalue weighted by Crippen LogP contribution is -2.04. The Morgan fingerprint density at radius 1 is 1.27 bits per heavy atom. The van der Waals surface area contributed by atoms with Crippen LogP contribution in [0.5, 0.6) is 5.75 Å². The molecule has 2 N–H and O–H groups in total. The van der Waals surface area contributed by atoms with Crippen LogP contribution >= 0.6 is 0 Å². The van der Waals surface area contributed by atoms with E-state index in [9.17, 15) is 9.59 Å². The van der Waals surface area contributed by atoms with Crippen LogP contribution in [-0.2, 0) is 9.53 Å². The van der Waals surface area contributed by atoms with Gasteiger partial charge in [-0.25, -0.2) is 9.78 Å². The standard InChI is InChI=1S/C15H15N3O4/c1-21-13(19)3-2-6-22-10-4-5-11-9(7-10)8-12-14(16-11)18-15(20)17-12/h4-5,7-8H,2-3,6H2,1H3,(H2,16,17,18,20). The molecule has 2 heterocycles. The van der Waals surface area contributed by atoms with E-state index in [0.29, 0.717) is 36.4 Å². The number of hydrogen-bond donors (Lipinski definition) is 2. The first-order valence-electron chi connectivity index (χ1n) is 6.88. The molecule has 3 aromatic rings. The summed E-state index contributed by atoms with van der Waals surface area (Å²) in [5, 5.41) is 0.869. The second kappa shape index (κ2) is 5.88. The highest BCUT2D eigenvalue weighted by molar-refractivity contribution is 5.89. The summed E-state index contributed by atoms with van der Waals surface area (Å²) in [6.45, 7) is 0.428. The maximum Gasteiger partial charge on any atom is 0.325 e. The molecular formula is C15H15N3O4. The largest absolute Gasteiger partial charge is 0.494 e. The number of benzene rings is 1. The van der Waals surface area contributed by atoms with Crippen LogP contribution in [0.4, 0.5) is 0 Å². The number of carbonyl (C=O) groups is 1. The molecule has 0 bridgehead atoms. The Hall–Kier alpha value is -2.83. The summed E-state index contributed by atoms with van der Waals surface area (Å²) in [5.41, 5.74) is 1.67. The maximum atomic E-state index is 11.3. The number of H-pyrrole nitrogens is 2. The highest BCUT2D eigenvalue weighted by atomic mass is 16.5. The Bertz CT molecular complexity index is 881. The highest BCUT2D eigenvalue weighted by Crippen LogP contribution is 2.22. The molecule has 0 aliphatic rings. The molecule has 7 nitrogen and oxygen atoms in total. The molecule has 0 atom stereocenters. The molecule has 1 aromatic carbocycles. The Morgan fingerprint density at radius 2 is 2.14 bits per heavy atom. The van der Waals surface area contributed by atoms with Crippen LogP contribution in [0.1, 0.15) is 12.8 Å². The van der Waals surface area contributed by atoms with Crippen LogP contribution in [0.15, 0.2) is 29.1 Å². The zero-order valence-corrected chi connectivity index (χ0v) is 12.0. The van der Waals surface area contributed by atoms with Crippen molar-refractivity contribution in [2.45, 2.75) is 12.8 Å². The third-order valence-corrected chi connectivity index (χ3v) is 3.29. The van der Waals surface area contributed by atoms with Crippen molar-refractivity contribution in [1.82, 2.24) is 15.0 Å². The Kier molecular flexibility index (Phi) is 3.78. The third kappa shape index (κ3) is 2.93. The van der Waals surface area contributed by atoms with Gasteiger partial charge in [0.25, 0.3) is 0 Å². The minimum absolute atomic E-state index is 0.245. The van der Waals surface area contributed by atoms with Gasteiger partial charge in [0.1, 0.15) is 5.75 Å². The number of pyridine rings is 1. The molecule has 0 saturated carbocycles. The quantitative estimate of drug-likeness (QED) is 0.552. The smallest absolute Gasteiger partial charge is 0.325 e. The molecule has 2 aromatic heterocycles. The van der Waals surface area contributed by atoms with Crippen molar-refractivity contribution in [3.63, 3.8) is 0 Å². The van der Waals surface area contributed by atoms with Gasteiger partial charge in [-0.3, -0.25) is 9.78 Å². The van der Waals surface area contributed by atoms with Crippen LogP contribution in [-0.4, -0.2) is 34.6 Å². The van der Waals surface area contributed by atoms with Crippen LogP contribution in [0.25, 0.3) is 22.1 Å². The predicted octanol–water partition coefficient (Wildman–Crippen LogP) is 1.74. The number of nitrogens with zero attached hydrogens (tertiary/aromatic N) is 1. The summed E-state index contributed by atoms with van der Waals surface area (Å²) in [7, 11) is 1.37. The van der Waals surface area contributed by atoms with E-state index < -0.39 is 0 Å². The van der Waals surface area contributed by atoms with Crippen molar-refractivity contribution in [2.24, 2.45) is 0 Å². The molecule has 0 radical (unpaired) electrons. The number of rotatable bonds is 5. The number of esters is 1. The molecular weight excluding hydrogens is 286 g/mol. The fourth-order valence-corrected chi connectivity index (χ4v) is 2.20. The number of methoxy groups -OCH3 is 1. The number of nitrogens with one attached hydrogen (secondary N) is 2. The molecule has 0 aliphatic heterocycles. The lowest BCUT2D eigenvalue weighted by atomic mass is 10.2. The molecule has 0 spiro atoms. The van der Waals surface area contributed by atoms with Gasteiger partial charge < -0.3 is 14.5 Å². The Morgan fingerprint density at radius 3 is 2.95 bits per heavy atom. The number of hydrogen-bond acceptors (Lipinski definition) is 5. The van der Waals surface area contributed by atoms with Crippen molar-refractivity contribution >= 4 is 28.0 Å². The zero-order valence-electron chi connectivity index (χ0n) is 12.0. The molecule has 114 valence electrons. The summed E-state index contributed by atoms with van der Waals surface area (Å²) in [4.78, 5) is 31.9. The summed E-state index contributed by atoms with van der Waals surface area (Å²) in [6, 6.07) is 7.34. The van der Waals surface area contributed by atoms with E-state index in [2.05, 4.69) is 19.7 Å².